The lowest BCUT2D eigenvalue weighted by atomic mass is 10.1. The molecule has 4 N–H and O–H groups in total. The maximum atomic E-state index is 12.4. The lowest BCUT2D eigenvalue weighted by Crippen LogP contribution is -2.33. The smallest absolute Gasteiger partial charge is 0.272 e. The molecule has 32 heavy (non-hydrogen) atoms. The molecular weight excluding hydrogens is 416 g/mol. The van der Waals surface area contributed by atoms with E-state index in [0.29, 0.717) is 5.75 Å². The Labute approximate surface area is 180 Å². The van der Waals surface area contributed by atoms with Crippen LogP contribution in [0.5, 0.6) is 5.75 Å². The molecule has 11 heteroatoms. The third-order valence-electron chi connectivity index (χ3n) is 4.67. The van der Waals surface area contributed by atoms with Crippen LogP contribution in [0.1, 0.15) is 10.5 Å². The first-order valence-electron chi connectivity index (χ1n) is 9.48. The molecule has 0 aliphatic heterocycles. The van der Waals surface area contributed by atoms with Gasteiger partial charge in [0.05, 0.1) is 35.8 Å². The fourth-order valence-corrected chi connectivity index (χ4v) is 3.10. The van der Waals surface area contributed by atoms with E-state index in [0.717, 1.165) is 5.69 Å². The van der Waals surface area contributed by atoms with Crippen LogP contribution >= 0.6 is 0 Å². The largest absolute Gasteiger partial charge is 0.497 e. The summed E-state index contributed by atoms with van der Waals surface area (Å²) in [7, 11) is 1.57. The number of rotatable bonds is 6. The highest BCUT2D eigenvalue weighted by molar-refractivity contribution is 6.03. The maximum Gasteiger partial charge on any atom is 0.272 e. The van der Waals surface area contributed by atoms with Crippen LogP contribution in [0.2, 0.25) is 0 Å². The van der Waals surface area contributed by atoms with Crippen molar-refractivity contribution in [1.29, 1.82) is 0 Å². The molecule has 2 aromatic carbocycles. The van der Waals surface area contributed by atoms with Gasteiger partial charge in [0.15, 0.2) is 5.69 Å². The second kappa shape index (κ2) is 8.60. The number of hydrogen-bond acceptors (Lipinski definition) is 6. The molecule has 2 aromatic heterocycles. The minimum absolute atomic E-state index is 0.0501. The SMILES string of the molecule is COc1ccc(-n2ccc(C(=O)NCC(=O)Nc3cccc4c(=O)[nH][nH]c(=O)c34)n2)cc1. The summed E-state index contributed by atoms with van der Waals surface area (Å²) in [6.07, 6.45) is 1.62. The Bertz CT molecular complexity index is 1420. The Kier molecular flexibility index (Phi) is 5.53. The van der Waals surface area contributed by atoms with Crippen LogP contribution in [0.25, 0.3) is 16.5 Å². The number of nitrogens with one attached hydrogen (secondary N) is 4. The van der Waals surface area contributed by atoms with Gasteiger partial charge in [0.2, 0.25) is 5.91 Å². The molecule has 4 aromatic rings. The van der Waals surface area contributed by atoms with Gasteiger partial charge in [0.1, 0.15) is 5.75 Å². The van der Waals surface area contributed by atoms with Crippen LogP contribution in [-0.2, 0) is 4.79 Å². The van der Waals surface area contributed by atoms with Gasteiger partial charge >= 0.3 is 0 Å². The zero-order valence-corrected chi connectivity index (χ0v) is 16.8. The van der Waals surface area contributed by atoms with E-state index < -0.39 is 22.9 Å². The zero-order chi connectivity index (χ0) is 22.7. The number of carbonyl (C=O) groups excluding carboxylic acids is 2. The molecule has 4 rings (SSSR count). The number of benzene rings is 2. The van der Waals surface area contributed by atoms with Gasteiger partial charge in [0.25, 0.3) is 17.0 Å². The topological polar surface area (TPSA) is 151 Å². The summed E-state index contributed by atoms with van der Waals surface area (Å²) < 4.78 is 6.64. The van der Waals surface area contributed by atoms with Crippen LogP contribution in [-0.4, -0.2) is 45.4 Å². The molecule has 0 spiro atoms. The normalized spacial score (nSPS) is 10.7. The Balaban J connectivity index is 1.42. The lowest BCUT2D eigenvalue weighted by Gasteiger charge is -2.08. The van der Waals surface area contributed by atoms with Crippen LogP contribution in [0.4, 0.5) is 5.69 Å². The molecule has 0 unspecified atom stereocenters. The number of H-pyrrole nitrogens is 2. The average Bonchev–Trinajstić information content (AvgIpc) is 3.30. The van der Waals surface area contributed by atoms with Gasteiger partial charge in [-0.1, -0.05) is 6.07 Å². The molecule has 162 valence electrons. The van der Waals surface area contributed by atoms with Crippen LogP contribution in [0, 0.1) is 0 Å². The first-order valence-corrected chi connectivity index (χ1v) is 9.48. The van der Waals surface area contributed by atoms with E-state index in [1.807, 2.05) is 0 Å². The van der Waals surface area contributed by atoms with Gasteiger partial charge in [-0.15, -0.1) is 0 Å². The van der Waals surface area contributed by atoms with E-state index in [1.54, 1.807) is 37.6 Å². The van der Waals surface area contributed by atoms with Crippen molar-refractivity contribution >= 4 is 28.3 Å². The highest BCUT2D eigenvalue weighted by atomic mass is 16.5. The number of amides is 2. The molecular formula is C21H18N6O5. The number of carbonyl (C=O) groups is 2. The summed E-state index contributed by atoms with van der Waals surface area (Å²) in [6.45, 7) is -0.355. The second-order valence-electron chi connectivity index (χ2n) is 6.71. The molecule has 0 atom stereocenters. The van der Waals surface area contributed by atoms with Gasteiger partial charge in [-0.2, -0.15) is 5.10 Å². The van der Waals surface area contributed by atoms with Crippen LogP contribution in [0.3, 0.4) is 0 Å². The maximum absolute atomic E-state index is 12.4. The number of fused-ring (bicyclic) bond motifs is 1. The predicted molar refractivity (Wildman–Crippen MR) is 116 cm³/mol. The molecule has 0 bridgehead atoms. The van der Waals surface area contributed by atoms with E-state index >= 15 is 0 Å². The third kappa shape index (κ3) is 4.12. The van der Waals surface area contributed by atoms with Crippen molar-refractivity contribution in [2.75, 3.05) is 19.0 Å². The van der Waals surface area contributed by atoms with Gasteiger partial charge < -0.3 is 15.4 Å². The lowest BCUT2D eigenvalue weighted by molar-refractivity contribution is -0.115. The molecule has 11 nitrogen and oxygen atoms in total. The molecule has 0 aliphatic rings. The standard InChI is InChI=1S/C21H18N6O5/c1-32-13-7-5-12(6-8-13)27-10-9-16(26-27)20(30)22-11-17(28)23-15-4-2-3-14-18(15)21(31)25-24-19(14)29/h2-10H,11H2,1H3,(H,22,30)(H,23,28)(H,24,29)(H,25,31). The molecule has 0 saturated heterocycles. The third-order valence-corrected chi connectivity index (χ3v) is 4.67. The van der Waals surface area contributed by atoms with Crippen molar-refractivity contribution in [3.8, 4) is 11.4 Å². The van der Waals surface area contributed by atoms with E-state index in [4.69, 9.17) is 4.74 Å². The van der Waals surface area contributed by atoms with Gasteiger partial charge in [0, 0.05) is 6.20 Å². The fourth-order valence-electron chi connectivity index (χ4n) is 3.10. The monoisotopic (exact) mass is 434 g/mol. The number of aromatic amines is 2. The minimum atomic E-state index is -0.569. The van der Waals surface area contributed by atoms with E-state index in [9.17, 15) is 19.2 Å². The second-order valence-corrected chi connectivity index (χ2v) is 6.71. The minimum Gasteiger partial charge on any atom is -0.497 e. The van der Waals surface area contributed by atoms with Crippen LogP contribution in [0.15, 0.2) is 64.3 Å². The van der Waals surface area contributed by atoms with Crippen molar-refractivity contribution < 1.29 is 14.3 Å². The summed E-state index contributed by atoms with van der Waals surface area (Å²) in [5.41, 5.74) is -0.0153. The highest BCUT2D eigenvalue weighted by Crippen LogP contribution is 2.17. The molecule has 0 radical (unpaired) electrons. The number of ether oxygens (including phenoxy) is 1. The summed E-state index contributed by atoms with van der Waals surface area (Å²) >= 11 is 0. The van der Waals surface area contributed by atoms with Crippen molar-refractivity contribution in [3.63, 3.8) is 0 Å². The number of methoxy groups -OCH3 is 1. The Hall–Kier alpha value is -4.67. The van der Waals surface area contributed by atoms with Gasteiger partial charge in [-0.3, -0.25) is 29.4 Å². The molecule has 0 saturated carbocycles. The van der Waals surface area contributed by atoms with Crippen molar-refractivity contribution in [1.82, 2.24) is 25.3 Å². The van der Waals surface area contributed by atoms with E-state index in [2.05, 4.69) is 25.9 Å². The summed E-state index contributed by atoms with van der Waals surface area (Å²) in [6, 6.07) is 13.1. The molecule has 2 amide bonds. The number of anilines is 1. The fraction of sp³-hybridized carbons (Fsp3) is 0.0952. The predicted octanol–water partition coefficient (Wildman–Crippen LogP) is 0.779. The molecule has 2 heterocycles. The quantitative estimate of drug-likeness (QED) is 0.352. The van der Waals surface area contributed by atoms with E-state index in [1.165, 1.54) is 28.9 Å². The Morgan fingerprint density at radius 3 is 2.53 bits per heavy atom. The van der Waals surface area contributed by atoms with Crippen LogP contribution < -0.4 is 26.5 Å². The van der Waals surface area contributed by atoms with Crippen molar-refractivity contribution in [3.05, 3.63) is 81.1 Å². The summed E-state index contributed by atoms with van der Waals surface area (Å²) in [5.74, 6) is -0.414. The van der Waals surface area contributed by atoms with Gasteiger partial charge in [-0.25, -0.2) is 4.68 Å². The Morgan fingerprint density at radius 1 is 1.03 bits per heavy atom. The average molecular weight is 434 g/mol. The number of aromatic nitrogens is 4. The molecule has 0 aliphatic carbocycles. The summed E-state index contributed by atoms with van der Waals surface area (Å²) in [4.78, 5) is 48.6. The van der Waals surface area contributed by atoms with Crippen molar-refractivity contribution in [2.24, 2.45) is 0 Å². The number of hydrogen-bond donors (Lipinski definition) is 4. The molecule has 0 fully saturated rings. The first kappa shape index (κ1) is 20.6. The Morgan fingerprint density at radius 2 is 1.78 bits per heavy atom. The first-order chi connectivity index (χ1) is 15.5. The van der Waals surface area contributed by atoms with Crippen molar-refractivity contribution in [2.45, 2.75) is 0 Å². The number of nitrogens with zero attached hydrogens (tertiary/aromatic N) is 2. The summed E-state index contributed by atoms with van der Waals surface area (Å²) in [5, 5.41) is 13.9. The van der Waals surface area contributed by atoms with E-state index in [-0.39, 0.29) is 28.7 Å². The zero-order valence-electron chi connectivity index (χ0n) is 16.8. The highest BCUT2D eigenvalue weighted by Gasteiger charge is 2.14. The van der Waals surface area contributed by atoms with Gasteiger partial charge in [-0.05, 0) is 42.5 Å².